The molecule has 0 bridgehead atoms. The van der Waals surface area contributed by atoms with Crippen LogP contribution in [0, 0.1) is 24.0 Å². The highest BCUT2D eigenvalue weighted by atomic mass is 16.6. The van der Waals surface area contributed by atoms with E-state index in [1.807, 2.05) is 13.0 Å². The minimum atomic E-state index is -0.574. The smallest absolute Gasteiger partial charge is 0.354 e. The van der Waals surface area contributed by atoms with Crippen LogP contribution in [0.5, 0.6) is 0 Å². The average Bonchev–Trinajstić information content (AvgIpc) is 2.94. The SMILES string of the molecule is Cc1cc(Nc2ncnc(Nc3ncccc3C)c2[N+](=O)[O-])no1. The van der Waals surface area contributed by atoms with E-state index in [1.165, 1.54) is 6.33 Å². The minimum Gasteiger partial charge on any atom is -0.360 e. The summed E-state index contributed by atoms with van der Waals surface area (Å²) in [4.78, 5) is 22.9. The number of hydrogen-bond acceptors (Lipinski definition) is 9. The lowest BCUT2D eigenvalue weighted by Gasteiger charge is -2.09. The molecule has 3 rings (SSSR count). The van der Waals surface area contributed by atoms with Crippen LogP contribution in [0.3, 0.4) is 0 Å². The summed E-state index contributed by atoms with van der Waals surface area (Å²) in [5.74, 6) is 1.38. The summed E-state index contributed by atoms with van der Waals surface area (Å²) in [6.45, 7) is 3.54. The van der Waals surface area contributed by atoms with Gasteiger partial charge in [-0.3, -0.25) is 10.1 Å². The summed E-state index contributed by atoms with van der Waals surface area (Å²) in [6, 6.07) is 5.20. The Morgan fingerprint density at radius 3 is 2.50 bits per heavy atom. The molecule has 0 atom stereocenters. The Bertz CT molecular complexity index is 894. The molecule has 122 valence electrons. The van der Waals surface area contributed by atoms with Gasteiger partial charge in [-0.1, -0.05) is 11.2 Å². The first-order chi connectivity index (χ1) is 11.5. The summed E-state index contributed by atoms with van der Waals surface area (Å²) in [5, 5.41) is 20.9. The van der Waals surface area contributed by atoms with Gasteiger partial charge in [-0.05, 0) is 25.5 Å². The van der Waals surface area contributed by atoms with Crippen molar-refractivity contribution in [2.24, 2.45) is 0 Å². The Balaban J connectivity index is 1.99. The van der Waals surface area contributed by atoms with Crippen molar-refractivity contribution in [2.75, 3.05) is 10.6 Å². The van der Waals surface area contributed by atoms with Gasteiger partial charge in [0.25, 0.3) is 0 Å². The van der Waals surface area contributed by atoms with Gasteiger partial charge in [0, 0.05) is 12.3 Å². The van der Waals surface area contributed by atoms with E-state index < -0.39 is 4.92 Å². The molecule has 2 N–H and O–H groups in total. The van der Waals surface area contributed by atoms with Gasteiger partial charge < -0.3 is 15.2 Å². The van der Waals surface area contributed by atoms with Crippen molar-refractivity contribution in [3.63, 3.8) is 0 Å². The Morgan fingerprint density at radius 1 is 1.12 bits per heavy atom. The van der Waals surface area contributed by atoms with Gasteiger partial charge in [-0.15, -0.1) is 0 Å². The van der Waals surface area contributed by atoms with E-state index in [0.717, 1.165) is 5.56 Å². The molecular formula is C14H13N7O3. The third kappa shape index (κ3) is 3.11. The fourth-order valence-electron chi connectivity index (χ4n) is 2.01. The van der Waals surface area contributed by atoms with E-state index in [1.54, 1.807) is 25.3 Å². The van der Waals surface area contributed by atoms with E-state index in [-0.39, 0.29) is 17.3 Å². The first-order valence-corrected chi connectivity index (χ1v) is 6.93. The molecule has 3 heterocycles. The van der Waals surface area contributed by atoms with E-state index in [0.29, 0.717) is 17.4 Å². The number of nitro groups is 1. The Labute approximate surface area is 136 Å². The Kier molecular flexibility index (Phi) is 4.01. The average molecular weight is 327 g/mol. The predicted octanol–water partition coefficient (Wildman–Crippen LogP) is 2.87. The highest BCUT2D eigenvalue weighted by Gasteiger charge is 2.24. The van der Waals surface area contributed by atoms with Crippen molar-refractivity contribution >= 4 is 29.0 Å². The number of nitrogens with zero attached hydrogens (tertiary/aromatic N) is 5. The standard InChI is InChI=1S/C14H13N7O3/c1-8-4-3-5-15-12(8)19-14-11(21(22)23)13(16-7-17-14)18-10-6-9(2)24-20-10/h3-7H,1-2H3,(H2,15,16,17,18,19,20). The molecule has 0 unspecified atom stereocenters. The molecule has 0 aliphatic heterocycles. The minimum absolute atomic E-state index is 0.000570. The molecule has 0 saturated heterocycles. The summed E-state index contributed by atoms with van der Waals surface area (Å²) in [7, 11) is 0. The van der Waals surface area contributed by atoms with Crippen molar-refractivity contribution in [3.05, 3.63) is 52.2 Å². The van der Waals surface area contributed by atoms with Crippen LogP contribution in [-0.2, 0) is 0 Å². The molecule has 0 amide bonds. The lowest BCUT2D eigenvalue weighted by Crippen LogP contribution is -2.06. The summed E-state index contributed by atoms with van der Waals surface area (Å²) in [6.07, 6.45) is 2.79. The monoisotopic (exact) mass is 327 g/mol. The number of anilines is 4. The van der Waals surface area contributed by atoms with Gasteiger partial charge in [-0.2, -0.15) is 0 Å². The zero-order valence-corrected chi connectivity index (χ0v) is 12.8. The first kappa shape index (κ1) is 15.3. The summed E-state index contributed by atoms with van der Waals surface area (Å²) in [5.41, 5.74) is 0.509. The second kappa shape index (κ2) is 6.28. The van der Waals surface area contributed by atoms with Crippen molar-refractivity contribution in [2.45, 2.75) is 13.8 Å². The van der Waals surface area contributed by atoms with Crippen LogP contribution < -0.4 is 10.6 Å². The van der Waals surface area contributed by atoms with Crippen molar-refractivity contribution in [3.8, 4) is 0 Å². The molecule has 0 aliphatic rings. The lowest BCUT2D eigenvalue weighted by atomic mass is 10.3. The molecule has 0 spiro atoms. The fourth-order valence-corrected chi connectivity index (χ4v) is 2.01. The topological polar surface area (TPSA) is 132 Å². The number of aryl methyl sites for hydroxylation is 2. The zero-order valence-electron chi connectivity index (χ0n) is 12.8. The van der Waals surface area contributed by atoms with Gasteiger partial charge >= 0.3 is 5.69 Å². The zero-order chi connectivity index (χ0) is 17.1. The molecule has 10 nitrogen and oxygen atoms in total. The van der Waals surface area contributed by atoms with Crippen molar-refractivity contribution < 1.29 is 9.45 Å². The molecular weight excluding hydrogens is 314 g/mol. The quantitative estimate of drug-likeness (QED) is 0.536. The lowest BCUT2D eigenvalue weighted by molar-refractivity contribution is -0.383. The van der Waals surface area contributed by atoms with Crippen LogP contribution in [-0.4, -0.2) is 25.0 Å². The maximum absolute atomic E-state index is 11.5. The van der Waals surface area contributed by atoms with E-state index >= 15 is 0 Å². The highest BCUT2D eigenvalue weighted by Crippen LogP contribution is 2.32. The van der Waals surface area contributed by atoms with Crippen molar-refractivity contribution in [1.29, 1.82) is 0 Å². The number of pyridine rings is 1. The largest absolute Gasteiger partial charge is 0.360 e. The molecule has 0 aromatic carbocycles. The molecule has 24 heavy (non-hydrogen) atoms. The van der Waals surface area contributed by atoms with Crippen molar-refractivity contribution in [1.82, 2.24) is 20.1 Å². The second-order valence-electron chi connectivity index (χ2n) is 4.92. The van der Waals surface area contributed by atoms with Gasteiger partial charge in [0.1, 0.15) is 17.9 Å². The normalized spacial score (nSPS) is 10.4. The van der Waals surface area contributed by atoms with Gasteiger partial charge in [0.15, 0.2) is 5.82 Å². The van der Waals surface area contributed by atoms with E-state index in [2.05, 4.69) is 30.7 Å². The van der Waals surface area contributed by atoms with E-state index in [9.17, 15) is 10.1 Å². The predicted molar refractivity (Wildman–Crippen MR) is 85.5 cm³/mol. The van der Waals surface area contributed by atoms with Crippen LogP contribution >= 0.6 is 0 Å². The molecule has 0 saturated carbocycles. The molecule has 0 fully saturated rings. The van der Waals surface area contributed by atoms with Gasteiger partial charge in [-0.25, -0.2) is 15.0 Å². The number of rotatable bonds is 5. The van der Waals surface area contributed by atoms with Crippen LogP contribution in [0.15, 0.2) is 35.2 Å². The number of hydrogen-bond donors (Lipinski definition) is 2. The number of aromatic nitrogens is 4. The maximum Gasteiger partial charge on any atom is 0.354 e. The molecule has 0 aliphatic carbocycles. The van der Waals surface area contributed by atoms with Crippen LogP contribution in [0.1, 0.15) is 11.3 Å². The summed E-state index contributed by atoms with van der Waals surface area (Å²) >= 11 is 0. The van der Waals surface area contributed by atoms with Crippen LogP contribution in [0.4, 0.5) is 29.0 Å². The Hall–Kier alpha value is -3.56. The molecule has 0 radical (unpaired) electrons. The third-order valence-electron chi connectivity index (χ3n) is 3.13. The third-order valence-corrected chi connectivity index (χ3v) is 3.13. The Morgan fingerprint density at radius 2 is 1.88 bits per heavy atom. The van der Waals surface area contributed by atoms with E-state index in [4.69, 9.17) is 4.52 Å². The molecule has 3 aromatic rings. The molecule has 10 heteroatoms. The van der Waals surface area contributed by atoms with Gasteiger partial charge in [0.05, 0.1) is 4.92 Å². The second-order valence-corrected chi connectivity index (χ2v) is 4.92. The number of nitrogens with one attached hydrogen (secondary N) is 2. The summed E-state index contributed by atoms with van der Waals surface area (Å²) < 4.78 is 4.93. The molecule has 3 aromatic heterocycles. The maximum atomic E-state index is 11.5. The fraction of sp³-hybridized carbons (Fsp3) is 0.143. The van der Waals surface area contributed by atoms with Crippen LogP contribution in [0.25, 0.3) is 0 Å². The van der Waals surface area contributed by atoms with Gasteiger partial charge in [0.2, 0.25) is 11.6 Å². The first-order valence-electron chi connectivity index (χ1n) is 6.93. The highest BCUT2D eigenvalue weighted by molar-refractivity contribution is 5.75. The van der Waals surface area contributed by atoms with Crippen LogP contribution in [0.2, 0.25) is 0 Å².